The molecule has 3 nitrogen and oxygen atoms in total. The highest BCUT2D eigenvalue weighted by molar-refractivity contribution is 5.96. The van der Waals surface area contributed by atoms with Crippen molar-refractivity contribution >= 4 is 11.9 Å². The van der Waals surface area contributed by atoms with Crippen LogP contribution in [0, 0.1) is 29.6 Å². The van der Waals surface area contributed by atoms with Gasteiger partial charge < -0.3 is 4.74 Å². The summed E-state index contributed by atoms with van der Waals surface area (Å²) in [6.45, 7) is 6.95. The third-order valence-electron chi connectivity index (χ3n) is 5.55. The number of fused-ring (bicyclic) bond motifs is 1. The molecule has 126 valence electrons. The lowest BCUT2D eigenvalue weighted by Gasteiger charge is -2.28. The van der Waals surface area contributed by atoms with Crippen LogP contribution in [0.1, 0.15) is 78.6 Å². The highest BCUT2D eigenvalue weighted by Crippen LogP contribution is 2.41. The van der Waals surface area contributed by atoms with Crippen molar-refractivity contribution in [2.75, 3.05) is 0 Å². The zero-order valence-corrected chi connectivity index (χ0v) is 14.5. The summed E-state index contributed by atoms with van der Waals surface area (Å²) in [5.41, 5.74) is 0. The second-order valence-corrected chi connectivity index (χ2v) is 7.99. The second kappa shape index (κ2) is 8.12. The molecule has 0 radical (unpaired) electrons. The van der Waals surface area contributed by atoms with Gasteiger partial charge in [0, 0.05) is 0 Å². The Hall–Kier alpha value is -0.860. The van der Waals surface area contributed by atoms with Crippen molar-refractivity contribution in [3.8, 4) is 0 Å². The Morgan fingerprint density at radius 2 is 1.64 bits per heavy atom. The maximum Gasteiger partial charge on any atom is 0.317 e. The molecule has 0 aromatic carbocycles. The monoisotopic (exact) mass is 308 g/mol. The average Bonchev–Trinajstić information content (AvgIpc) is 2.73. The molecule has 1 aliphatic carbocycles. The third-order valence-corrected chi connectivity index (χ3v) is 5.55. The molecule has 0 amide bonds. The minimum absolute atomic E-state index is 0.126. The summed E-state index contributed by atoms with van der Waals surface area (Å²) < 4.78 is 4.78. The summed E-state index contributed by atoms with van der Waals surface area (Å²) in [7, 11) is 0. The molecule has 1 saturated heterocycles. The van der Waals surface area contributed by atoms with Crippen molar-refractivity contribution in [1.29, 1.82) is 0 Å². The molecule has 3 heteroatoms. The fourth-order valence-electron chi connectivity index (χ4n) is 4.09. The van der Waals surface area contributed by atoms with E-state index in [-0.39, 0.29) is 23.8 Å². The summed E-state index contributed by atoms with van der Waals surface area (Å²) in [4.78, 5) is 23.2. The SMILES string of the molecule is CC(C)CCCC(C)CCCC1CC[C@H]2C(=O)OC(=O)[C@H]2C1. The molecule has 2 aliphatic rings. The normalized spacial score (nSPS) is 29.5. The summed E-state index contributed by atoms with van der Waals surface area (Å²) >= 11 is 0. The number of cyclic esters (lactones) is 2. The molecule has 1 aliphatic heterocycles. The molecule has 1 heterocycles. The first-order valence-corrected chi connectivity index (χ1v) is 9.23. The molecule has 0 aromatic heterocycles. The lowest BCUT2D eigenvalue weighted by molar-refractivity contribution is -0.153. The molecule has 1 saturated carbocycles. The van der Waals surface area contributed by atoms with Crippen LogP contribution in [0.3, 0.4) is 0 Å². The zero-order chi connectivity index (χ0) is 16.1. The Bertz CT molecular complexity index is 388. The number of ether oxygens (including phenoxy) is 1. The fraction of sp³-hybridized carbons (Fsp3) is 0.895. The van der Waals surface area contributed by atoms with Gasteiger partial charge >= 0.3 is 11.9 Å². The van der Waals surface area contributed by atoms with Crippen molar-refractivity contribution < 1.29 is 14.3 Å². The predicted molar refractivity (Wildman–Crippen MR) is 87.1 cm³/mol. The Morgan fingerprint density at radius 1 is 0.955 bits per heavy atom. The van der Waals surface area contributed by atoms with E-state index in [2.05, 4.69) is 20.8 Å². The number of hydrogen-bond acceptors (Lipinski definition) is 3. The van der Waals surface area contributed by atoms with Crippen LogP contribution in [0.15, 0.2) is 0 Å². The van der Waals surface area contributed by atoms with Crippen LogP contribution in [0.2, 0.25) is 0 Å². The van der Waals surface area contributed by atoms with Crippen molar-refractivity contribution in [2.45, 2.75) is 78.6 Å². The van der Waals surface area contributed by atoms with E-state index in [0.717, 1.165) is 31.1 Å². The van der Waals surface area contributed by atoms with Crippen molar-refractivity contribution in [3.63, 3.8) is 0 Å². The predicted octanol–water partition coefficient (Wildman–Crippen LogP) is 4.74. The molecule has 0 bridgehead atoms. The highest BCUT2D eigenvalue weighted by atomic mass is 16.6. The van der Waals surface area contributed by atoms with E-state index in [1.807, 2.05) is 0 Å². The minimum atomic E-state index is -0.271. The zero-order valence-electron chi connectivity index (χ0n) is 14.5. The van der Waals surface area contributed by atoms with Crippen LogP contribution in [-0.2, 0) is 14.3 Å². The summed E-state index contributed by atoms with van der Waals surface area (Å²) in [5.74, 6) is 1.45. The molecule has 2 fully saturated rings. The molecule has 0 N–H and O–H groups in total. The van der Waals surface area contributed by atoms with Gasteiger partial charge in [-0.1, -0.05) is 59.3 Å². The topological polar surface area (TPSA) is 43.4 Å². The number of esters is 2. The van der Waals surface area contributed by atoms with Crippen LogP contribution in [0.4, 0.5) is 0 Å². The maximum atomic E-state index is 11.7. The molecule has 2 rings (SSSR count). The smallest absolute Gasteiger partial charge is 0.317 e. The number of rotatable bonds is 8. The molecular weight excluding hydrogens is 276 g/mol. The first-order chi connectivity index (χ1) is 10.5. The standard InChI is InChI=1S/C19H32O3/c1-13(2)6-4-7-14(3)8-5-9-15-10-11-16-17(12-15)19(21)22-18(16)20/h13-17H,4-12H2,1-3H3/t14?,15?,16-,17+/m1/s1. The van der Waals surface area contributed by atoms with Gasteiger partial charge in [-0.2, -0.15) is 0 Å². The molecule has 22 heavy (non-hydrogen) atoms. The van der Waals surface area contributed by atoms with E-state index < -0.39 is 0 Å². The van der Waals surface area contributed by atoms with E-state index >= 15 is 0 Å². The second-order valence-electron chi connectivity index (χ2n) is 7.99. The summed E-state index contributed by atoms with van der Waals surface area (Å²) in [6, 6.07) is 0. The lowest BCUT2D eigenvalue weighted by Crippen LogP contribution is -2.27. The van der Waals surface area contributed by atoms with Gasteiger partial charge in [-0.15, -0.1) is 0 Å². The average molecular weight is 308 g/mol. The minimum Gasteiger partial charge on any atom is -0.393 e. The maximum absolute atomic E-state index is 11.7. The molecule has 0 aromatic rings. The Morgan fingerprint density at radius 3 is 2.36 bits per heavy atom. The summed E-state index contributed by atoms with van der Waals surface area (Å²) in [6.07, 6.45) is 10.6. The van der Waals surface area contributed by atoms with Gasteiger partial charge in [0.05, 0.1) is 11.8 Å². The highest BCUT2D eigenvalue weighted by Gasteiger charge is 2.47. The van der Waals surface area contributed by atoms with Crippen LogP contribution < -0.4 is 0 Å². The van der Waals surface area contributed by atoms with Crippen molar-refractivity contribution in [2.24, 2.45) is 29.6 Å². The lowest BCUT2D eigenvalue weighted by atomic mass is 9.73. The molecular formula is C19H32O3. The molecule has 2 unspecified atom stereocenters. The first-order valence-electron chi connectivity index (χ1n) is 9.23. The fourth-order valence-corrected chi connectivity index (χ4v) is 4.09. The van der Waals surface area contributed by atoms with E-state index in [9.17, 15) is 9.59 Å². The van der Waals surface area contributed by atoms with E-state index in [1.165, 1.54) is 38.5 Å². The van der Waals surface area contributed by atoms with Gasteiger partial charge in [0.15, 0.2) is 0 Å². The summed E-state index contributed by atoms with van der Waals surface area (Å²) in [5, 5.41) is 0. The Kier molecular flexibility index (Phi) is 6.46. The van der Waals surface area contributed by atoms with E-state index in [0.29, 0.717) is 5.92 Å². The van der Waals surface area contributed by atoms with Gasteiger partial charge in [-0.3, -0.25) is 9.59 Å². The van der Waals surface area contributed by atoms with Gasteiger partial charge in [0.2, 0.25) is 0 Å². The number of carbonyl (C=O) groups excluding carboxylic acids is 2. The molecule has 0 spiro atoms. The number of hydrogen-bond donors (Lipinski definition) is 0. The quantitative estimate of drug-likeness (QED) is 0.480. The van der Waals surface area contributed by atoms with Gasteiger partial charge in [0.25, 0.3) is 0 Å². The van der Waals surface area contributed by atoms with Crippen LogP contribution in [0.25, 0.3) is 0 Å². The number of carbonyl (C=O) groups is 2. The first kappa shape index (κ1) is 17.5. The largest absolute Gasteiger partial charge is 0.393 e. The van der Waals surface area contributed by atoms with Crippen LogP contribution in [0.5, 0.6) is 0 Å². The van der Waals surface area contributed by atoms with Gasteiger partial charge in [0.1, 0.15) is 0 Å². The third kappa shape index (κ3) is 4.82. The van der Waals surface area contributed by atoms with Crippen LogP contribution >= 0.6 is 0 Å². The van der Waals surface area contributed by atoms with Crippen LogP contribution in [-0.4, -0.2) is 11.9 Å². The van der Waals surface area contributed by atoms with E-state index in [1.54, 1.807) is 0 Å². The Labute approximate surface area is 135 Å². The van der Waals surface area contributed by atoms with Gasteiger partial charge in [-0.25, -0.2) is 0 Å². The Balaban J connectivity index is 1.62. The van der Waals surface area contributed by atoms with Gasteiger partial charge in [-0.05, 0) is 37.0 Å². The van der Waals surface area contributed by atoms with E-state index in [4.69, 9.17) is 4.74 Å². The van der Waals surface area contributed by atoms with Crippen molar-refractivity contribution in [1.82, 2.24) is 0 Å². The van der Waals surface area contributed by atoms with Crippen molar-refractivity contribution in [3.05, 3.63) is 0 Å². The molecule has 4 atom stereocenters.